The van der Waals surface area contributed by atoms with Crippen LogP contribution in [-0.2, 0) is 9.47 Å². The summed E-state index contributed by atoms with van der Waals surface area (Å²) < 4.78 is 10.9. The monoisotopic (exact) mass is 256 g/mol. The highest BCUT2D eigenvalue weighted by atomic mass is 16.7. The minimum atomic E-state index is -0.521. The largest absolute Gasteiger partial charge is 0.348 e. The molecule has 1 aliphatic heterocycles. The molecule has 2 N–H and O–H groups in total. The van der Waals surface area contributed by atoms with Crippen LogP contribution in [-0.4, -0.2) is 37.6 Å². The standard InChI is InChI=1S/C13H24N2O3/c1-10(11-4-3-5-11)15-12(16)14-7-6-13(2)17-8-9-18-13/h10-11H,3-9H2,1-2H3,(H2,14,15,16)/t10-/m1/s1. The number of nitrogens with one attached hydrogen (secondary N) is 2. The van der Waals surface area contributed by atoms with Gasteiger partial charge in [-0.3, -0.25) is 0 Å². The number of rotatable bonds is 5. The minimum absolute atomic E-state index is 0.0870. The van der Waals surface area contributed by atoms with E-state index in [0.717, 1.165) is 0 Å². The Morgan fingerprint density at radius 1 is 1.39 bits per heavy atom. The first kappa shape index (κ1) is 13.6. The molecule has 0 aromatic rings. The summed E-state index contributed by atoms with van der Waals surface area (Å²) in [5.41, 5.74) is 0. The number of carbonyl (C=O) groups excluding carboxylic acids is 1. The molecule has 1 aliphatic carbocycles. The number of carbonyl (C=O) groups is 1. The lowest BCUT2D eigenvalue weighted by Gasteiger charge is -2.32. The molecule has 0 aromatic carbocycles. The third-order valence-electron chi connectivity index (χ3n) is 3.98. The second-order valence-corrected chi connectivity index (χ2v) is 5.46. The molecule has 0 radical (unpaired) electrons. The van der Waals surface area contributed by atoms with Gasteiger partial charge in [0.25, 0.3) is 0 Å². The molecule has 0 spiro atoms. The Morgan fingerprint density at radius 3 is 2.61 bits per heavy atom. The number of urea groups is 1. The van der Waals surface area contributed by atoms with Crippen LogP contribution in [0.15, 0.2) is 0 Å². The van der Waals surface area contributed by atoms with E-state index < -0.39 is 5.79 Å². The Labute approximate surface area is 109 Å². The molecule has 1 saturated heterocycles. The van der Waals surface area contributed by atoms with Crippen molar-refractivity contribution in [2.24, 2.45) is 5.92 Å². The van der Waals surface area contributed by atoms with Crippen molar-refractivity contribution < 1.29 is 14.3 Å². The van der Waals surface area contributed by atoms with Crippen LogP contribution in [0, 0.1) is 5.92 Å². The molecule has 1 saturated carbocycles. The Bertz CT molecular complexity index is 286. The quantitative estimate of drug-likeness (QED) is 0.786. The van der Waals surface area contributed by atoms with Crippen molar-refractivity contribution in [3.8, 4) is 0 Å². The van der Waals surface area contributed by atoms with E-state index in [4.69, 9.17) is 9.47 Å². The van der Waals surface area contributed by atoms with Gasteiger partial charge in [-0.2, -0.15) is 0 Å². The van der Waals surface area contributed by atoms with Gasteiger partial charge in [0.1, 0.15) is 0 Å². The first-order valence-corrected chi connectivity index (χ1v) is 6.91. The Morgan fingerprint density at radius 2 is 2.06 bits per heavy atom. The molecular weight excluding hydrogens is 232 g/mol. The van der Waals surface area contributed by atoms with Crippen LogP contribution in [0.1, 0.15) is 39.5 Å². The van der Waals surface area contributed by atoms with E-state index in [9.17, 15) is 4.79 Å². The lowest BCUT2D eigenvalue weighted by Crippen LogP contribution is -2.46. The molecule has 5 nitrogen and oxygen atoms in total. The molecule has 0 unspecified atom stereocenters. The lowest BCUT2D eigenvalue weighted by molar-refractivity contribution is -0.145. The summed E-state index contributed by atoms with van der Waals surface area (Å²) in [6.07, 6.45) is 4.45. The van der Waals surface area contributed by atoms with Crippen molar-refractivity contribution in [1.82, 2.24) is 10.6 Å². The molecular formula is C13H24N2O3. The molecule has 1 atom stereocenters. The number of hydrogen-bond donors (Lipinski definition) is 2. The van der Waals surface area contributed by atoms with Gasteiger partial charge in [0.15, 0.2) is 5.79 Å². The Balaban J connectivity index is 1.59. The van der Waals surface area contributed by atoms with Crippen molar-refractivity contribution >= 4 is 6.03 Å². The van der Waals surface area contributed by atoms with E-state index in [2.05, 4.69) is 17.6 Å². The van der Waals surface area contributed by atoms with Gasteiger partial charge in [-0.15, -0.1) is 0 Å². The summed E-state index contributed by atoms with van der Waals surface area (Å²) in [7, 11) is 0. The lowest BCUT2D eigenvalue weighted by atomic mass is 9.80. The average molecular weight is 256 g/mol. The van der Waals surface area contributed by atoms with Crippen molar-refractivity contribution in [2.45, 2.75) is 51.4 Å². The highest BCUT2D eigenvalue weighted by molar-refractivity contribution is 5.74. The van der Waals surface area contributed by atoms with Gasteiger partial charge >= 0.3 is 6.03 Å². The van der Waals surface area contributed by atoms with Crippen molar-refractivity contribution in [1.29, 1.82) is 0 Å². The first-order chi connectivity index (χ1) is 8.59. The van der Waals surface area contributed by atoms with Gasteiger partial charge in [0, 0.05) is 19.0 Å². The third-order valence-corrected chi connectivity index (χ3v) is 3.98. The fraction of sp³-hybridized carbons (Fsp3) is 0.923. The summed E-state index contributed by atoms with van der Waals surface area (Å²) in [6.45, 7) is 5.84. The van der Waals surface area contributed by atoms with Crippen LogP contribution < -0.4 is 10.6 Å². The number of ether oxygens (including phenoxy) is 2. The van der Waals surface area contributed by atoms with E-state index >= 15 is 0 Å². The zero-order valence-corrected chi connectivity index (χ0v) is 11.3. The van der Waals surface area contributed by atoms with Gasteiger partial charge in [-0.05, 0) is 32.6 Å². The van der Waals surface area contributed by atoms with Gasteiger partial charge < -0.3 is 20.1 Å². The predicted octanol–water partition coefficient (Wildman–Crippen LogP) is 1.63. The molecule has 1 heterocycles. The van der Waals surface area contributed by atoms with Crippen LogP contribution in [0.25, 0.3) is 0 Å². The minimum Gasteiger partial charge on any atom is -0.348 e. The highest BCUT2D eigenvalue weighted by Gasteiger charge is 2.30. The van der Waals surface area contributed by atoms with E-state index in [1.807, 2.05) is 6.92 Å². The maximum absolute atomic E-state index is 11.7. The smallest absolute Gasteiger partial charge is 0.315 e. The predicted molar refractivity (Wildman–Crippen MR) is 68.3 cm³/mol. The topological polar surface area (TPSA) is 59.6 Å². The van der Waals surface area contributed by atoms with Crippen molar-refractivity contribution in [2.75, 3.05) is 19.8 Å². The van der Waals surface area contributed by atoms with Crippen molar-refractivity contribution in [3.05, 3.63) is 0 Å². The van der Waals surface area contributed by atoms with E-state index in [-0.39, 0.29) is 12.1 Å². The molecule has 5 heteroatoms. The van der Waals surface area contributed by atoms with Crippen LogP contribution >= 0.6 is 0 Å². The SMILES string of the molecule is C[C@@H](NC(=O)NCCC1(C)OCCO1)C1CCC1. The maximum Gasteiger partial charge on any atom is 0.315 e. The second-order valence-electron chi connectivity index (χ2n) is 5.46. The Hall–Kier alpha value is -0.810. The summed E-state index contributed by atoms with van der Waals surface area (Å²) in [5, 5.41) is 5.85. The Kier molecular flexibility index (Phi) is 4.45. The van der Waals surface area contributed by atoms with Crippen LogP contribution in [0.2, 0.25) is 0 Å². The zero-order valence-electron chi connectivity index (χ0n) is 11.3. The van der Waals surface area contributed by atoms with E-state index in [1.54, 1.807) is 0 Å². The molecule has 104 valence electrons. The molecule has 0 aromatic heterocycles. The van der Waals surface area contributed by atoms with E-state index in [1.165, 1.54) is 19.3 Å². The number of amides is 2. The molecule has 2 aliphatic rings. The van der Waals surface area contributed by atoms with Crippen LogP contribution in [0.3, 0.4) is 0 Å². The fourth-order valence-electron chi connectivity index (χ4n) is 2.42. The van der Waals surface area contributed by atoms with E-state index in [0.29, 0.717) is 32.1 Å². The number of hydrogen-bond acceptors (Lipinski definition) is 3. The molecule has 2 amide bonds. The normalized spacial score (nSPS) is 24.3. The summed E-state index contributed by atoms with van der Waals surface area (Å²) in [4.78, 5) is 11.7. The van der Waals surface area contributed by atoms with Gasteiger partial charge in [-0.25, -0.2) is 4.79 Å². The molecule has 2 fully saturated rings. The second kappa shape index (κ2) is 5.89. The average Bonchev–Trinajstić information content (AvgIpc) is 2.62. The fourth-order valence-corrected chi connectivity index (χ4v) is 2.42. The third kappa shape index (κ3) is 3.59. The maximum atomic E-state index is 11.7. The molecule has 2 rings (SSSR count). The zero-order chi connectivity index (χ0) is 13.0. The van der Waals surface area contributed by atoms with Crippen molar-refractivity contribution in [3.63, 3.8) is 0 Å². The molecule has 18 heavy (non-hydrogen) atoms. The van der Waals surface area contributed by atoms with Gasteiger partial charge in [0.05, 0.1) is 13.2 Å². The molecule has 0 bridgehead atoms. The summed E-state index contributed by atoms with van der Waals surface area (Å²) in [6, 6.07) is 0.185. The van der Waals surface area contributed by atoms with Crippen LogP contribution in [0.4, 0.5) is 4.79 Å². The summed E-state index contributed by atoms with van der Waals surface area (Å²) >= 11 is 0. The van der Waals surface area contributed by atoms with Gasteiger partial charge in [-0.1, -0.05) is 6.42 Å². The van der Waals surface area contributed by atoms with Crippen LogP contribution in [0.5, 0.6) is 0 Å². The summed E-state index contributed by atoms with van der Waals surface area (Å²) in [5.74, 6) is 0.141. The highest BCUT2D eigenvalue weighted by Crippen LogP contribution is 2.29. The first-order valence-electron chi connectivity index (χ1n) is 6.91. The van der Waals surface area contributed by atoms with Gasteiger partial charge in [0.2, 0.25) is 0 Å².